The molecular formula is C8H13NO4S. The van der Waals surface area contributed by atoms with Gasteiger partial charge in [-0.3, -0.25) is 4.79 Å². The second kappa shape index (κ2) is 4.65. The van der Waals surface area contributed by atoms with Gasteiger partial charge in [0, 0.05) is 31.2 Å². The third kappa shape index (κ3) is 2.19. The minimum absolute atomic E-state index is 0.0822. The Balaban J connectivity index is 2.68. The van der Waals surface area contributed by atoms with Crippen molar-refractivity contribution >= 4 is 24.5 Å². The van der Waals surface area contributed by atoms with Crippen LogP contribution in [0.15, 0.2) is 0 Å². The molecule has 1 rings (SSSR count). The number of aliphatic hydroxyl groups is 1. The van der Waals surface area contributed by atoms with E-state index < -0.39 is 12.0 Å². The second-order valence-electron chi connectivity index (χ2n) is 3.34. The summed E-state index contributed by atoms with van der Waals surface area (Å²) in [5.74, 6) is -1.30. The molecule has 0 aliphatic carbocycles. The van der Waals surface area contributed by atoms with Crippen LogP contribution in [0.5, 0.6) is 0 Å². The summed E-state index contributed by atoms with van der Waals surface area (Å²) < 4.78 is 0. The van der Waals surface area contributed by atoms with Crippen molar-refractivity contribution < 1.29 is 19.8 Å². The number of hydrogen-bond donors (Lipinski definition) is 3. The maximum absolute atomic E-state index is 11.4. The smallest absolute Gasteiger partial charge is 0.327 e. The first-order chi connectivity index (χ1) is 6.60. The number of carbonyl (C=O) groups is 2. The van der Waals surface area contributed by atoms with Gasteiger partial charge >= 0.3 is 5.97 Å². The fourth-order valence-corrected chi connectivity index (χ4v) is 1.90. The van der Waals surface area contributed by atoms with Gasteiger partial charge < -0.3 is 15.1 Å². The van der Waals surface area contributed by atoms with E-state index in [9.17, 15) is 9.59 Å². The van der Waals surface area contributed by atoms with Crippen LogP contribution in [0.2, 0.25) is 0 Å². The van der Waals surface area contributed by atoms with Gasteiger partial charge in [-0.05, 0) is 0 Å². The number of aliphatic carboxylic acids is 1. The fraction of sp³-hybridized carbons (Fsp3) is 0.750. The number of thiol groups is 1. The first kappa shape index (κ1) is 11.3. The molecule has 14 heavy (non-hydrogen) atoms. The van der Waals surface area contributed by atoms with Crippen molar-refractivity contribution in [3.8, 4) is 0 Å². The first-order valence-corrected chi connectivity index (χ1v) is 4.97. The quantitative estimate of drug-likeness (QED) is 0.541. The van der Waals surface area contributed by atoms with Gasteiger partial charge in [-0.1, -0.05) is 0 Å². The van der Waals surface area contributed by atoms with Crippen LogP contribution in [-0.4, -0.2) is 51.9 Å². The highest BCUT2D eigenvalue weighted by Gasteiger charge is 2.36. The van der Waals surface area contributed by atoms with Crippen LogP contribution in [0.4, 0.5) is 0 Å². The molecule has 0 aromatic heterocycles. The summed E-state index contributed by atoms with van der Waals surface area (Å²) in [6.07, 6.45) is 0.230. The molecule has 2 N–H and O–H groups in total. The van der Waals surface area contributed by atoms with Crippen molar-refractivity contribution in [1.29, 1.82) is 0 Å². The molecule has 0 bridgehead atoms. The van der Waals surface area contributed by atoms with E-state index in [1.807, 2.05) is 0 Å². The molecule has 6 heteroatoms. The molecule has 0 aromatic rings. The zero-order valence-electron chi connectivity index (χ0n) is 7.59. The molecule has 2 atom stereocenters. The standard InChI is InChI=1S/C8H13NO4S/c10-3-5-1-7(11)9(2-5)6(4-14)8(12)13/h5-6,10,14H,1-4H2,(H,12,13)/t5?,6-/m0/s1. The summed E-state index contributed by atoms with van der Waals surface area (Å²) in [6, 6.07) is -0.873. The maximum Gasteiger partial charge on any atom is 0.327 e. The molecule has 1 aliphatic heterocycles. The number of nitrogens with zero attached hydrogens (tertiary/aromatic N) is 1. The number of aliphatic hydroxyl groups excluding tert-OH is 1. The zero-order chi connectivity index (χ0) is 10.7. The molecule has 1 fully saturated rings. The number of amides is 1. The summed E-state index contributed by atoms with van der Waals surface area (Å²) in [7, 11) is 0. The number of hydrogen-bond acceptors (Lipinski definition) is 4. The van der Waals surface area contributed by atoms with Crippen LogP contribution in [0.25, 0.3) is 0 Å². The molecule has 0 radical (unpaired) electrons. The fourth-order valence-electron chi connectivity index (χ4n) is 1.54. The van der Waals surface area contributed by atoms with Gasteiger partial charge in [0.25, 0.3) is 0 Å². The van der Waals surface area contributed by atoms with Gasteiger partial charge in [0.2, 0.25) is 5.91 Å². The van der Waals surface area contributed by atoms with Crippen LogP contribution in [-0.2, 0) is 9.59 Å². The van der Waals surface area contributed by atoms with E-state index in [2.05, 4.69) is 12.6 Å². The Kier molecular flexibility index (Phi) is 3.77. The average molecular weight is 219 g/mol. The van der Waals surface area contributed by atoms with E-state index in [4.69, 9.17) is 10.2 Å². The largest absolute Gasteiger partial charge is 0.480 e. The zero-order valence-corrected chi connectivity index (χ0v) is 8.48. The topological polar surface area (TPSA) is 77.8 Å². The lowest BCUT2D eigenvalue weighted by Crippen LogP contribution is -2.43. The lowest BCUT2D eigenvalue weighted by molar-refractivity contribution is -0.147. The van der Waals surface area contributed by atoms with Crippen LogP contribution >= 0.6 is 12.6 Å². The Hall–Kier alpha value is -0.750. The Bertz CT molecular complexity index is 245. The van der Waals surface area contributed by atoms with E-state index in [0.29, 0.717) is 6.54 Å². The molecule has 1 aliphatic rings. The van der Waals surface area contributed by atoms with E-state index in [1.54, 1.807) is 0 Å². The molecule has 0 aromatic carbocycles. The second-order valence-corrected chi connectivity index (χ2v) is 3.70. The Morgan fingerprint density at radius 1 is 1.71 bits per heavy atom. The number of carboxylic acid groups (broad SMARTS) is 1. The highest BCUT2D eigenvalue weighted by atomic mass is 32.1. The van der Waals surface area contributed by atoms with Gasteiger partial charge in [-0.25, -0.2) is 4.79 Å². The van der Waals surface area contributed by atoms with E-state index in [1.165, 1.54) is 4.90 Å². The molecule has 5 nitrogen and oxygen atoms in total. The summed E-state index contributed by atoms with van der Waals surface area (Å²) in [4.78, 5) is 23.4. The summed E-state index contributed by atoms with van der Waals surface area (Å²) in [5.41, 5.74) is 0. The molecule has 1 heterocycles. The van der Waals surface area contributed by atoms with Crippen LogP contribution < -0.4 is 0 Å². The van der Waals surface area contributed by atoms with Gasteiger partial charge in [-0.15, -0.1) is 0 Å². The third-order valence-electron chi connectivity index (χ3n) is 2.33. The minimum atomic E-state index is -1.05. The number of carbonyl (C=O) groups excluding carboxylic acids is 1. The lowest BCUT2D eigenvalue weighted by Gasteiger charge is -2.22. The van der Waals surface area contributed by atoms with Crippen molar-refractivity contribution in [2.75, 3.05) is 18.9 Å². The maximum atomic E-state index is 11.4. The van der Waals surface area contributed by atoms with Crippen molar-refractivity contribution in [1.82, 2.24) is 4.90 Å². The molecule has 1 saturated heterocycles. The predicted octanol–water partition coefficient (Wildman–Crippen LogP) is -0.790. The van der Waals surface area contributed by atoms with Crippen molar-refractivity contribution in [3.05, 3.63) is 0 Å². The van der Waals surface area contributed by atoms with Gasteiger partial charge in [0.15, 0.2) is 0 Å². The van der Waals surface area contributed by atoms with E-state index >= 15 is 0 Å². The van der Waals surface area contributed by atoms with Crippen LogP contribution in [0, 0.1) is 5.92 Å². The predicted molar refractivity (Wildman–Crippen MR) is 52.2 cm³/mol. The Morgan fingerprint density at radius 2 is 2.36 bits per heavy atom. The van der Waals surface area contributed by atoms with Crippen molar-refractivity contribution in [3.63, 3.8) is 0 Å². The molecule has 0 saturated carbocycles. The van der Waals surface area contributed by atoms with Crippen LogP contribution in [0.3, 0.4) is 0 Å². The third-order valence-corrected chi connectivity index (χ3v) is 2.68. The molecule has 1 unspecified atom stereocenters. The Morgan fingerprint density at radius 3 is 2.71 bits per heavy atom. The van der Waals surface area contributed by atoms with Crippen LogP contribution in [0.1, 0.15) is 6.42 Å². The van der Waals surface area contributed by atoms with E-state index in [-0.39, 0.29) is 30.6 Å². The number of rotatable bonds is 4. The molecule has 1 amide bonds. The monoisotopic (exact) mass is 219 g/mol. The Labute approximate surface area is 87.1 Å². The molecular weight excluding hydrogens is 206 g/mol. The molecule has 80 valence electrons. The van der Waals surface area contributed by atoms with E-state index in [0.717, 1.165) is 0 Å². The SMILES string of the molecule is O=C(O)[C@H](CS)N1CC(CO)CC1=O. The van der Waals surface area contributed by atoms with Gasteiger partial charge in [0.05, 0.1) is 0 Å². The molecule has 0 spiro atoms. The minimum Gasteiger partial charge on any atom is -0.480 e. The average Bonchev–Trinajstić information content (AvgIpc) is 2.48. The summed E-state index contributed by atoms with van der Waals surface area (Å²) in [5, 5.41) is 17.7. The van der Waals surface area contributed by atoms with Crippen molar-refractivity contribution in [2.45, 2.75) is 12.5 Å². The normalized spacial score (nSPS) is 24.0. The summed E-state index contributed by atoms with van der Waals surface area (Å²) >= 11 is 3.89. The number of carboxylic acids is 1. The van der Waals surface area contributed by atoms with Crippen molar-refractivity contribution in [2.24, 2.45) is 5.92 Å². The van der Waals surface area contributed by atoms with Gasteiger partial charge in [-0.2, -0.15) is 12.6 Å². The highest BCUT2D eigenvalue weighted by molar-refractivity contribution is 7.80. The highest BCUT2D eigenvalue weighted by Crippen LogP contribution is 2.20. The lowest BCUT2D eigenvalue weighted by atomic mass is 10.1. The summed E-state index contributed by atoms with van der Waals surface area (Å²) in [6.45, 7) is 0.230. The van der Waals surface area contributed by atoms with Gasteiger partial charge in [0.1, 0.15) is 6.04 Å². The first-order valence-electron chi connectivity index (χ1n) is 4.34. The number of likely N-dealkylation sites (tertiary alicyclic amines) is 1.